The van der Waals surface area contributed by atoms with E-state index in [2.05, 4.69) is 10.4 Å². The van der Waals surface area contributed by atoms with Gasteiger partial charge >= 0.3 is 11.7 Å². The van der Waals surface area contributed by atoms with Crippen molar-refractivity contribution in [3.05, 3.63) is 41.2 Å². The Hall–Kier alpha value is -2.82. The topological polar surface area (TPSA) is 107 Å². The van der Waals surface area contributed by atoms with Crippen molar-refractivity contribution >= 4 is 27.4 Å². The molecule has 0 aliphatic heterocycles. The van der Waals surface area contributed by atoms with E-state index in [0.717, 1.165) is 30.0 Å². The van der Waals surface area contributed by atoms with Crippen molar-refractivity contribution in [2.45, 2.75) is 24.5 Å². The molecule has 0 atom stereocenters. The number of nitrogens with one attached hydrogen (secondary N) is 1. The Morgan fingerprint density at radius 1 is 1.22 bits per heavy atom. The molecule has 0 saturated heterocycles. The molecule has 0 saturated carbocycles. The minimum atomic E-state index is -4.74. The van der Waals surface area contributed by atoms with Gasteiger partial charge in [-0.15, -0.1) is 0 Å². The minimum absolute atomic E-state index is 0.0789. The number of aromatic nitrogens is 2. The molecule has 11 heteroatoms. The number of sulfone groups is 1. The lowest BCUT2D eigenvalue weighted by Gasteiger charge is -2.08. The number of rotatable bonds is 6. The first kappa shape index (κ1) is 20.5. The summed E-state index contributed by atoms with van der Waals surface area (Å²) in [6.07, 6.45) is 0. The molecular weight excluding hydrogens is 384 g/mol. The highest BCUT2D eigenvalue weighted by atomic mass is 32.2. The van der Waals surface area contributed by atoms with Gasteiger partial charge in [-0.25, -0.2) is 13.2 Å². The van der Waals surface area contributed by atoms with Crippen molar-refractivity contribution in [2.24, 2.45) is 7.05 Å². The molecule has 1 aromatic carbocycles. The second-order valence-electron chi connectivity index (χ2n) is 5.62. The highest BCUT2D eigenvalue weighted by Crippen LogP contribution is 2.19. The number of carbonyl (C=O) groups excluding carboxylic acids is 2. The Labute approximate surface area is 154 Å². The molecule has 8 nitrogen and oxygen atoms in total. The molecule has 2 aromatic rings. The second kappa shape index (κ2) is 7.82. The molecule has 146 valence electrons. The number of anilines is 1. The quantitative estimate of drug-likeness (QED) is 0.740. The minimum Gasteiger partial charge on any atom is -0.452 e. The zero-order chi connectivity index (χ0) is 20.4. The van der Waals surface area contributed by atoms with Gasteiger partial charge in [0.05, 0.1) is 27.5 Å². The van der Waals surface area contributed by atoms with Crippen LogP contribution in [-0.4, -0.2) is 42.4 Å². The highest BCUT2D eigenvalue weighted by molar-refractivity contribution is 7.91. The molecule has 1 heterocycles. The molecule has 1 amide bonds. The van der Waals surface area contributed by atoms with Crippen LogP contribution in [0.15, 0.2) is 29.2 Å². The molecule has 1 aromatic heterocycles. The van der Waals surface area contributed by atoms with Crippen LogP contribution in [0.2, 0.25) is 0 Å². The summed E-state index contributed by atoms with van der Waals surface area (Å²) in [6, 6.07) is 3.82. The Morgan fingerprint density at radius 3 is 2.30 bits per heavy atom. The highest BCUT2D eigenvalue weighted by Gasteiger charge is 2.26. The van der Waals surface area contributed by atoms with Gasteiger partial charge in [0.15, 0.2) is 6.61 Å². The van der Waals surface area contributed by atoms with Gasteiger partial charge < -0.3 is 10.1 Å². The summed E-state index contributed by atoms with van der Waals surface area (Å²) in [5, 5.41) is 6.72. The van der Waals surface area contributed by atoms with Gasteiger partial charge in [0.25, 0.3) is 5.91 Å². The lowest BCUT2D eigenvalue weighted by molar-refractivity contribution is -0.119. The number of aryl methyl sites for hydroxylation is 2. The van der Waals surface area contributed by atoms with E-state index in [1.165, 1.54) is 0 Å². The van der Waals surface area contributed by atoms with Gasteiger partial charge in [0.1, 0.15) is 0 Å². The summed E-state index contributed by atoms with van der Waals surface area (Å²) in [6.45, 7) is 2.89. The lowest BCUT2D eigenvalue weighted by atomic mass is 10.2. The van der Waals surface area contributed by atoms with Crippen LogP contribution in [0.3, 0.4) is 0 Å². The van der Waals surface area contributed by atoms with Crippen LogP contribution in [0.25, 0.3) is 0 Å². The first-order valence-corrected chi connectivity index (χ1v) is 9.18. The van der Waals surface area contributed by atoms with Gasteiger partial charge in [-0.2, -0.15) is 13.9 Å². The molecule has 27 heavy (non-hydrogen) atoms. The normalized spacial score (nSPS) is 11.5. The fourth-order valence-electron chi connectivity index (χ4n) is 2.23. The Kier molecular flexibility index (Phi) is 5.94. The van der Waals surface area contributed by atoms with Crippen molar-refractivity contribution in [1.29, 1.82) is 0 Å². The molecule has 0 spiro atoms. The summed E-state index contributed by atoms with van der Waals surface area (Å²) < 4.78 is 54.0. The van der Waals surface area contributed by atoms with Crippen molar-refractivity contribution in [1.82, 2.24) is 9.78 Å². The smallest absolute Gasteiger partial charge is 0.341 e. The Bertz CT molecular complexity index is 969. The van der Waals surface area contributed by atoms with E-state index in [1.54, 1.807) is 25.6 Å². The first-order chi connectivity index (χ1) is 12.5. The molecule has 0 aliphatic rings. The molecule has 0 radical (unpaired) electrons. The average molecular weight is 401 g/mol. The molecular formula is C16H17F2N3O5S. The zero-order valence-corrected chi connectivity index (χ0v) is 15.5. The molecule has 0 fully saturated rings. The number of nitrogens with zero attached hydrogens (tertiary/aromatic N) is 2. The van der Waals surface area contributed by atoms with Gasteiger partial charge in [0.2, 0.25) is 9.84 Å². The number of hydrogen-bond acceptors (Lipinski definition) is 6. The van der Waals surface area contributed by atoms with Crippen LogP contribution in [0.5, 0.6) is 0 Å². The van der Waals surface area contributed by atoms with Crippen LogP contribution in [-0.2, 0) is 26.4 Å². The number of halogens is 2. The maximum Gasteiger partial charge on any atom is 0.341 e. The average Bonchev–Trinajstić information content (AvgIpc) is 2.85. The summed E-state index contributed by atoms with van der Waals surface area (Å²) in [4.78, 5) is 23.2. The number of ether oxygens (including phenoxy) is 1. The number of amides is 1. The van der Waals surface area contributed by atoms with Crippen LogP contribution >= 0.6 is 0 Å². The second-order valence-corrected chi connectivity index (χ2v) is 7.54. The molecule has 0 unspecified atom stereocenters. The van der Waals surface area contributed by atoms with Crippen LogP contribution in [0, 0.1) is 13.8 Å². The first-order valence-electron chi connectivity index (χ1n) is 7.63. The van der Waals surface area contributed by atoms with Crippen molar-refractivity contribution in [3.8, 4) is 0 Å². The third-order valence-electron chi connectivity index (χ3n) is 3.76. The van der Waals surface area contributed by atoms with E-state index in [9.17, 15) is 26.8 Å². The summed E-state index contributed by atoms with van der Waals surface area (Å²) in [5.41, 5.74) is 1.76. The van der Waals surface area contributed by atoms with Crippen LogP contribution < -0.4 is 5.32 Å². The largest absolute Gasteiger partial charge is 0.452 e. The summed E-state index contributed by atoms with van der Waals surface area (Å²) >= 11 is 0. The molecule has 0 aliphatic carbocycles. The van der Waals surface area contributed by atoms with Crippen molar-refractivity contribution in [3.63, 3.8) is 0 Å². The third-order valence-corrected chi connectivity index (χ3v) is 5.16. The van der Waals surface area contributed by atoms with E-state index >= 15 is 0 Å². The monoisotopic (exact) mass is 401 g/mol. The predicted molar refractivity (Wildman–Crippen MR) is 91.2 cm³/mol. The van der Waals surface area contributed by atoms with Crippen LogP contribution in [0.4, 0.5) is 14.5 Å². The number of alkyl halides is 2. The van der Waals surface area contributed by atoms with Crippen molar-refractivity contribution in [2.75, 3.05) is 11.9 Å². The maximum absolute atomic E-state index is 12.5. The molecule has 1 N–H and O–H groups in total. The zero-order valence-electron chi connectivity index (χ0n) is 14.7. The summed E-state index contributed by atoms with van der Waals surface area (Å²) in [5.74, 6) is -5.04. The Morgan fingerprint density at radius 2 is 1.81 bits per heavy atom. The number of benzene rings is 1. The SMILES string of the molecule is Cc1nn(C)c(C)c1NC(=O)COC(=O)c1ccc(S(=O)(=O)C(F)F)cc1. The van der Waals surface area contributed by atoms with E-state index in [0.29, 0.717) is 11.4 Å². The maximum atomic E-state index is 12.5. The van der Waals surface area contributed by atoms with E-state index in [4.69, 9.17) is 4.74 Å². The van der Waals surface area contributed by atoms with Gasteiger partial charge in [-0.3, -0.25) is 9.48 Å². The van der Waals surface area contributed by atoms with E-state index < -0.39 is 39.0 Å². The van der Waals surface area contributed by atoms with Gasteiger partial charge in [0, 0.05) is 7.05 Å². The van der Waals surface area contributed by atoms with Crippen LogP contribution in [0.1, 0.15) is 21.7 Å². The fourth-order valence-corrected chi connectivity index (χ4v) is 2.95. The number of carbonyl (C=O) groups is 2. The third kappa shape index (κ3) is 4.48. The standard InChI is InChI=1S/C16H17F2N3O5S/c1-9-14(10(2)21(3)20-9)19-13(22)8-26-15(23)11-4-6-12(7-5-11)27(24,25)16(17)18/h4-7,16H,8H2,1-3H3,(H,19,22). The molecule has 2 rings (SSSR count). The van der Waals surface area contributed by atoms with Gasteiger partial charge in [-0.05, 0) is 38.1 Å². The van der Waals surface area contributed by atoms with E-state index in [-0.39, 0.29) is 5.56 Å². The number of hydrogen-bond donors (Lipinski definition) is 1. The molecule has 0 bridgehead atoms. The lowest BCUT2D eigenvalue weighted by Crippen LogP contribution is -2.21. The fraction of sp³-hybridized carbons (Fsp3) is 0.312. The predicted octanol–water partition coefficient (Wildman–Crippen LogP) is 1.83. The van der Waals surface area contributed by atoms with Crippen molar-refractivity contribution < 1.29 is 31.5 Å². The Balaban J connectivity index is 1.98. The summed E-state index contributed by atoms with van der Waals surface area (Å²) in [7, 11) is -3.03. The van der Waals surface area contributed by atoms with E-state index in [1.807, 2.05) is 0 Å². The van der Waals surface area contributed by atoms with Gasteiger partial charge in [-0.1, -0.05) is 0 Å². The number of esters is 1.